The summed E-state index contributed by atoms with van der Waals surface area (Å²) in [6.07, 6.45) is 12.2. The van der Waals surface area contributed by atoms with Crippen LogP contribution in [-0.4, -0.2) is 35.4 Å². The molecule has 180 valence electrons. The summed E-state index contributed by atoms with van der Waals surface area (Å²) >= 11 is 6.04. The number of nitrogens with zero attached hydrogens (tertiary/aromatic N) is 3. The number of nitrogen functional groups attached to an aromatic ring is 1. The van der Waals surface area contributed by atoms with Crippen LogP contribution in [0.1, 0.15) is 44.7 Å². The number of aromatic nitrogens is 1. The first kappa shape index (κ1) is 27.1. The van der Waals surface area contributed by atoms with Crippen LogP contribution in [-0.2, 0) is 6.54 Å². The highest BCUT2D eigenvalue weighted by Crippen LogP contribution is 2.23. The van der Waals surface area contributed by atoms with Crippen molar-refractivity contribution in [2.45, 2.75) is 40.2 Å². The number of benzene rings is 1. The highest BCUT2D eigenvalue weighted by atomic mass is 35.5. The molecule has 1 aromatic carbocycles. The van der Waals surface area contributed by atoms with Gasteiger partial charge in [-0.05, 0) is 49.7 Å². The quantitative estimate of drug-likeness (QED) is 0.107. The van der Waals surface area contributed by atoms with E-state index in [1.54, 1.807) is 12.3 Å². The zero-order chi connectivity index (χ0) is 24.9. The van der Waals surface area contributed by atoms with Gasteiger partial charge in [0, 0.05) is 29.8 Å². The summed E-state index contributed by atoms with van der Waals surface area (Å²) in [6.45, 7) is 9.85. The third kappa shape index (κ3) is 8.35. The van der Waals surface area contributed by atoms with Crippen molar-refractivity contribution >= 4 is 23.3 Å². The lowest BCUT2D eigenvalue weighted by Gasteiger charge is -2.19. The van der Waals surface area contributed by atoms with Crippen LogP contribution in [0.3, 0.4) is 0 Å². The van der Waals surface area contributed by atoms with Crippen molar-refractivity contribution in [2.24, 2.45) is 10.8 Å². The van der Waals surface area contributed by atoms with Crippen LogP contribution in [0.25, 0.3) is 11.1 Å². The number of amidine groups is 1. The minimum atomic E-state index is 0.355. The van der Waals surface area contributed by atoms with Crippen molar-refractivity contribution in [3.8, 4) is 23.5 Å². The first-order chi connectivity index (χ1) is 16.4. The summed E-state index contributed by atoms with van der Waals surface area (Å²) in [5.41, 5.74) is 13.7. The van der Waals surface area contributed by atoms with E-state index in [-0.39, 0.29) is 0 Å². The fraction of sp³-hybridized carbons (Fsp3) is 0.333. The molecule has 0 atom stereocenters. The van der Waals surface area contributed by atoms with Crippen molar-refractivity contribution in [1.29, 1.82) is 0 Å². The van der Waals surface area contributed by atoms with Crippen LogP contribution in [0.5, 0.6) is 0 Å². The molecule has 7 heteroatoms. The van der Waals surface area contributed by atoms with Crippen molar-refractivity contribution < 1.29 is 0 Å². The van der Waals surface area contributed by atoms with E-state index >= 15 is 0 Å². The fourth-order valence-electron chi connectivity index (χ4n) is 3.40. The third-order valence-corrected chi connectivity index (χ3v) is 5.56. The maximum atomic E-state index is 6.15. The molecule has 1 aromatic heterocycles. The Bertz CT molecular complexity index is 1060. The van der Waals surface area contributed by atoms with Crippen molar-refractivity contribution in [1.82, 2.24) is 15.3 Å². The summed E-state index contributed by atoms with van der Waals surface area (Å²) in [4.78, 5) is 11.4. The van der Waals surface area contributed by atoms with E-state index in [9.17, 15) is 0 Å². The second-order valence-electron chi connectivity index (χ2n) is 8.04. The minimum absolute atomic E-state index is 0.355. The van der Waals surface area contributed by atoms with Gasteiger partial charge in [0.15, 0.2) is 0 Å². The highest BCUT2D eigenvalue weighted by Gasteiger charge is 2.11. The van der Waals surface area contributed by atoms with Crippen LogP contribution in [0.4, 0.5) is 5.82 Å². The number of aliphatic imine (C=N–C) groups is 1. The number of halogens is 1. The smallest absolute Gasteiger partial charge is 0.146 e. The molecule has 0 radical (unpaired) electrons. The number of nitrogens with one attached hydrogen (secondary N) is 1. The second-order valence-corrected chi connectivity index (χ2v) is 8.52. The standard InChI is InChI=1S/C27H35ClN6/c1-5-8-24(28)14-9-20(4)17-32-27(33-30)25-16-23(18-31-26(25)29)22-12-10-21(11-13-22)19-34(7-3)15-6-2/h1,9-14,16,18H,6-8,15,17,19,30H2,2-4H3,(H2,29,31)(H,32,33)/b20-9-,24-14+. The average Bonchev–Trinajstić information content (AvgIpc) is 2.84. The van der Waals surface area contributed by atoms with Crippen LogP contribution in [0.15, 0.2) is 64.3 Å². The van der Waals surface area contributed by atoms with Crippen molar-refractivity contribution in [3.05, 3.63) is 70.4 Å². The normalized spacial score (nSPS) is 12.7. The van der Waals surface area contributed by atoms with E-state index in [0.717, 1.165) is 42.8 Å². The van der Waals surface area contributed by atoms with Gasteiger partial charge < -0.3 is 11.2 Å². The van der Waals surface area contributed by atoms with E-state index in [4.69, 9.17) is 29.6 Å². The molecule has 0 aliphatic carbocycles. The van der Waals surface area contributed by atoms with Gasteiger partial charge in [0.2, 0.25) is 0 Å². The molecule has 2 aromatic rings. The van der Waals surface area contributed by atoms with E-state index in [0.29, 0.717) is 35.2 Å². The maximum absolute atomic E-state index is 6.15. The van der Waals surface area contributed by atoms with Gasteiger partial charge in [0.05, 0.1) is 12.1 Å². The number of terminal acetylenes is 1. The molecule has 2 rings (SSSR count). The van der Waals surface area contributed by atoms with Gasteiger partial charge in [-0.1, -0.05) is 61.4 Å². The third-order valence-electron chi connectivity index (χ3n) is 5.30. The predicted octanol–water partition coefficient (Wildman–Crippen LogP) is 4.86. The zero-order valence-electron chi connectivity index (χ0n) is 20.3. The maximum Gasteiger partial charge on any atom is 0.146 e. The molecule has 0 saturated carbocycles. The van der Waals surface area contributed by atoms with Crippen molar-refractivity contribution in [3.63, 3.8) is 0 Å². The molecule has 0 aliphatic heterocycles. The Morgan fingerprint density at radius 1 is 1.24 bits per heavy atom. The second kappa shape index (κ2) is 14.2. The van der Waals surface area contributed by atoms with Gasteiger partial charge >= 0.3 is 0 Å². The monoisotopic (exact) mass is 478 g/mol. The minimum Gasteiger partial charge on any atom is -0.383 e. The fourth-order valence-corrected chi connectivity index (χ4v) is 3.54. The molecule has 34 heavy (non-hydrogen) atoms. The highest BCUT2D eigenvalue weighted by molar-refractivity contribution is 6.29. The van der Waals surface area contributed by atoms with Crippen LogP contribution >= 0.6 is 11.6 Å². The molecule has 0 amide bonds. The number of nitrogens with two attached hydrogens (primary N) is 2. The number of allylic oxidation sites excluding steroid dienone is 3. The van der Waals surface area contributed by atoms with Gasteiger partial charge in [-0.25, -0.2) is 10.8 Å². The van der Waals surface area contributed by atoms with E-state index < -0.39 is 0 Å². The molecule has 0 saturated heterocycles. The van der Waals surface area contributed by atoms with Crippen LogP contribution in [0, 0.1) is 12.3 Å². The first-order valence-electron chi connectivity index (χ1n) is 11.5. The number of pyridine rings is 1. The number of hydrogen-bond acceptors (Lipinski definition) is 5. The lowest BCUT2D eigenvalue weighted by Crippen LogP contribution is -2.32. The largest absolute Gasteiger partial charge is 0.383 e. The molecule has 0 bridgehead atoms. The molecule has 0 aliphatic rings. The summed E-state index contributed by atoms with van der Waals surface area (Å²) in [7, 11) is 0. The lowest BCUT2D eigenvalue weighted by atomic mass is 10.0. The van der Waals surface area contributed by atoms with Gasteiger partial charge in [-0.2, -0.15) is 0 Å². The SMILES string of the molecule is C#CC/C(Cl)=C\C=C(\C)CN=C(NN)c1cc(-c2ccc(CN(CC)CCC)cc2)cnc1N. The van der Waals surface area contributed by atoms with Crippen LogP contribution in [0.2, 0.25) is 0 Å². The van der Waals surface area contributed by atoms with E-state index in [1.807, 2.05) is 19.1 Å². The first-order valence-corrected chi connectivity index (χ1v) is 11.8. The van der Waals surface area contributed by atoms with Gasteiger partial charge in [0.1, 0.15) is 11.7 Å². The topological polar surface area (TPSA) is 92.6 Å². The predicted molar refractivity (Wildman–Crippen MR) is 145 cm³/mol. The Labute approximate surface area is 208 Å². The van der Waals surface area contributed by atoms with Crippen LogP contribution < -0.4 is 17.0 Å². The zero-order valence-corrected chi connectivity index (χ0v) is 21.1. The number of rotatable bonds is 11. The average molecular weight is 479 g/mol. The Balaban J connectivity index is 2.22. The van der Waals surface area contributed by atoms with Gasteiger partial charge in [0.25, 0.3) is 0 Å². The lowest BCUT2D eigenvalue weighted by molar-refractivity contribution is 0.280. The molecule has 1 heterocycles. The summed E-state index contributed by atoms with van der Waals surface area (Å²) in [5.74, 6) is 9.10. The number of hydrogen-bond donors (Lipinski definition) is 3. The Morgan fingerprint density at radius 2 is 1.97 bits per heavy atom. The van der Waals surface area contributed by atoms with E-state index in [1.165, 1.54) is 5.56 Å². The molecule has 0 spiro atoms. The molecule has 6 nitrogen and oxygen atoms in total. The summed E-state index contributed by atoms with van der Waals surface area (Å²) < 4.78 is 0. The molecular formula is C27H35ClN6. The molecule has 0 fully saturated rings. The summed E-state index contributed by atoms with van der Waals surface area (Å²) in [5, 5.41) is 0.600. The number of anilines is 1. The molecule has 5 N–H and O–H groups in total. The molecule has 0 unspecified atom stereocenters. The van der Waals surface area contributed by atoms with Gasteiger partial charge in [-0.15, -0.1) is 12.3 Å². The Kier molecular flexibility index (Phi) is 11.3. The molecular weight excluding hydrogens is 444 g/mol. The number of hydrazine groups is 1. The summed E-state index contributed by atoms with van der Waals surface area (Å²) in [6, 6.07) is 10.5. The Morgan fingerprint density at radius 3 is 2.59 bits per heavy atom. The Hall–Kier alpha value is -3.11. The van der Waals surface area contributed by atoms with Crippen molar-refractivity contribution in [2.75, 3.05) is 25.4 Å². The van der Waals surface area contributed by atoms with E-state index in [2.05, 4.69) is 64.3 Å². The van der Waals surface area contributed by atoms with Gasteiger partial charge in [-0.3, -0.25) is 9.89 Å².